The molecular weight excluding hydrogens is 825 g/mol. The Morgan fingerprint density at radius 1 is 0.434 bits per heavy atom. The third-order valence-corrected chi connectivity index (χ3v) is 9.24. The second-order valence-electron chi connectivity index (χ2n) is 12.7. The molecule has 0 unspecified atom stereocenters. The summed E-state index contributed by atoms with van der Waals surface area (Å²) in [6, 6.07) is 56.2. The maximum atomic E-state index is 4.94. The van der Waals surface area contributed by atoms with E-state index in [0.29, 0.717) is 0 Å². The summed E-state index contributed by atoms with van der Waals surface area (Å²) >= 11 is 0. The Kier molecular flexibility index (Phi) is 10.7. The molecule has 4 aromatic heterocycles. The van der Waals surface area contributed by atoms with E-state index in [9.17, 15) is 0 Å². The fourth-order valence-electron chi connectivity index (χ4n) is 6.64. The van der Waals surface area contributed by atoms with Crippen LogP contribution in [0.2, 0.25) is 0 Å². The van der Waals surface area contributed by atoms with Crippen LogP contribution in [0.25, 0.3) is 77.7 Å². The maximum Gasteiger partial charge on any atom is 0.0743 e. The summed E-state index contributed by atoms with van der Waals surface area (Å²) in [7, 11) is 0. The molecule has 0 aliphatic carbocycles. The average Bonchev–Trinajstić information content (AvgIpc) is 3.22. The smallest absolute Gasteiger partial charge is 0.0743 e. The van der Waals surface area contributed by atoms with E-state index < -0.39 is 0 Å². The first-order chi connectivity index (χ1) is 25.6. The van der Waals surface area contributed by atoms with Crippen LogP contribution in [-0.2, 0) is 20.1 Å². The summed E-state index contributed by atoms with van der Waals surface area (Å²) in [5.41, 5.74) is 13.9. The van der Waals surface area contributed by atoms with E-state index in [0.717, 1.165) is 61.4 Å². The van der Waals surface area contributed by atoms with Gasteiger partial charge in [-0.2, -0.15) is 0 Å². The standard InChI is InChI=1S/C37H26N3.C11H8N.Ir/c1-24-15-18-39-35(20-24)29-11-6-10-28(21-29)30-16-19-40-37(25(30)2)34-23-36-32(12-7-17-38-36)31-14-13-27(22-33(31)34)26-8-4-3-5-9-26;1-2-6-10(7-3-1)11-8-4-5-9-12-11;/h3-10,12-23H,1-2H3;1-6,8-9H;/q2*-1;. The minimum atomic E-state index is 0. The van der Waals surface area contributed by atoms with Crippen LogP contribution in [0, 0.1) is 26.0 Å². The third kappa shape index (κ3) is 7.59. The quantitative estimate of drug-likeness (QED) is 0.128. The molecule has 5 aromatic carbocycles. The zero-order valence-electron chi connectivity index (χ0n) is 29.3. The number of aryl methyl sites for hydroxylation is 1. The average molecular weight is 859 g/mol. The molecule has 53 heavy (non-hydrogen) atoms. The Morgan fingerprint density at radius 2 is 1.23 bits per heavy atom. The molecular formula is C48H34IrN4-2. The topological polar surface area (TPSA) is 51.6 Å². The number of pyridine rings is 4. The van der Waals surface area contributed by atoms with Crippen LogP contribution in [0.4, 0.5) is 0 Å². The van der Waals surface area contributed by atoms with Gasteiger partial charge in [-0.3, -0.25) is 9.97 Å². The Morgan fingerprint density at radius 3 is 2.04 bits per heavy atom. The number of fused-ring (bicyclic) bond motifs is 3. The van der Waals surface area contributed by atoms with E-state index in [1.165, 1.54) is 27.5 Å². The van der Waals surface area contributed by atoms with Gasteiger partial charge in [-0.1, -0.05) is 72.3 Å². The number of rotatable bonds is 5. The number of aromatic nitrogens is 4. The normalized spacial score (nSPS) is 10.7. The van der Waals surface area contributed by atoms with Crippen molar-refractivity contribution in [2.24, 2.45) is 0 Å². The van der Waals surface area contributed by atoms with Gasteiger partial charge in [-0.05, 0) is 94.7 Å². The zero-order valence-corrected chi connectivity index (χ0v) is 31.7. The van der Waals surface area contributed by atoms with Gasteiger partial charge in [0.15, 0.2) is 0 Å². The fraction of sp³-hybridized carbons (Fsp3) is 0.0417. The molecule has 9 aromatic rings. The van der Waals surface area contributed by atoms with Crippen LogP contribution >= 0.6 is 0 Å². The van der Waals surface area contributed by atoms with Crippen LogP contribution in [0.5, 0.6) is 0 Å². The van der Waals surface area contributed by atoms with Crippen LogP contribution in [-0.4, -0.2) is 19.9 Å². The first-order valence-electron chi connectivity index (χ1n) is 17.3. The first kappa shape index (κ1) is 35.3. The van der Waals surface area contributed by atoms with Crippen molar-refractivity contribution in [3.8, 4) is 56.0 Å². The van der Waals surface area contributed by atoms with Gasteiger partial charge in [-0.15, -0.1) is 71.3 Å². The summed E-state index contributed by atoms with van der Waals surface area (Å²) in [6.07, 6.45) is 7.41. The summed E-state index contributed by atoms with van der Waals surface area (Å²) in [6.45, 7) is 4.24. The predicted octanol–water partition coefficient (Wildman–Crippen LogP) is 11.8. The Labute approximate surface area is 323 Å². The summed E-state index contributed by atoms with van der Waals surface area (Å²) < 4.78 is 0. The second-order valence-corrected chi connectivity index (χ2v) is 12.7. The molecule has 0 atom stereocenters. The molecule has 0 aliphatic rings. The van der Waals surface area contributed by atoms with Crippen molar-refractivity contribution in [2.75, 3.05) is 0 Å². The van der Waals surface area contributed by atoms with Crippen molar-refractivity contribution in [3.05, 3.63) is 194 Å². The van der Waals surface area contributed by atoms with Gasteiger partial charge in [0.1, 0.15) is 0 Å². The molecule has 0 saturated heterocycles. The molecule has 0 fully saturated rings. The summed E-state index contributed by atoms with van der Waals surface area (Å²) in [5.74, 6) is 0. The monoisotopic (exact) mass is 859 g/mol. The van der Waals surface area contributed by atoms with Crippen molar-refractivity contribution in [1.82, 2.24) is 19.9 Å². The van der Waals surface area contributed by atoms with E-state index in [2.05, 4.69) is 121 Å². The van der Waals surface area contributed by atoms with E-state index in [1.807, 2.05) is 79.3 Å². The molecule has 4 nitrogen and oxygen atoms in total. The number of benzene rings is 5. The van der Waals surface area contributed by atoms with Gasteiger partial charge in [0.05, 0.1) is 11.2 Å². The van der Waals surface area contributed by atoms with Crippen molar-refractivity contribution in [2.45, 2.75) is 13.8 Å². The molecule has 1 radical (unpaired) electrons. The Balaban J connectivity index is 0.000000284. The van der Waals surface area contributed by atoms with E-state index in [-0.39, 0.29) is 20.1 Å². The number of nitrogens with zero attached hydrogens (tertiary/aromatic N) is 4. The minimum Gasteiger partial charge on any atom is -0.305 e. The second kappa shape index (κ2) is 16.0. The number of hydrogen-bond donors (Lipinski definition) is 0. The Hall–Kier alpha value is -6.13. The van der Waals surface area contributed by atoms with Gasteiger partial charge in [0.25, 0.3) is 0 Å². The Bertz CT molecular complexity index is 2610. The van der Waals surface area contributed by atoms with E-state index in [4.69, 9.17) is 9.97 Å². The molecule has 4 heterocycles. The molecule has 0 aliphatic heterocycles. The fourth-order valence-corrected chi connectivity index (χ4v) is 6.64. The van der Waals surface area contributed by atoms with Crippen molar-refractivity contribution < 1.29 is 20.1 Å². The minimum absolute atomic E-state index is 0. The largest absolute Gasteiger partial charge is 0.305 e. The van der Waals surface area contributed by atoms with Gasteiger partial charge < -0.3 is 9.97 Å². The predicted molar refractivity (Wildman–Crippen MR) is 213 cm³/mol. The van der Waals surface area contributed by atoms with Gasteiger partial charge in [-0.25, -0.2) is 0 Å². The maximum absolute atomic E-state index is 4.94. The molecule has 0 N–H and O–H groups in total. The molecule has 0 spiro atoms. The molecule has 0 saturated carbocycles. The molecule has 0 bridgehead atoms. The SMILES string of the molecule is Cc1ccnc(-c2[c-]ccc(-c3ccnc(-c4cc5ncccc5c5ccc(-c6ccccc6)cc45)c3C)c2)c1.[Ir].[c-]1ccccc1-c1ccccn1. The number of hydrogen-bond acceptors (Lipinski definition) is 4. The van der Waals surface area contributed by atoms with Crippen molar-refractivity contribution in [3.63, 3.8) is 0 Å². The summed E-state index contributed by atoms with van der Waals surface area (Å²) in [4.78, 5) is 18.5. The van der Waals surface area contributed by atoms with Crippen LogP contribution < -0.4 is 0 Å². The molecule has 5 heteroatoms. The molecule has 0 amide bonds. The van der Waals surface area contributed by atoms with Crippen LogP contribution in [0.15, 0.2) is 170 Å². The summed E-state index contributed by atoms with van der Waals surface area (Å²) in [5, 5.41) is 3.48. The van der Waals surface area contributed by atoms with Crippen molar-refractivity contribution >= 4 is 21.7 Å². The van der Waals surface area contributed by atoms with Gasteiger partial charge >= 0.3 is 0 Å². The molecule has 9 rings (SSSR count). The van der Waals surface area contributed by atoms with Gasteiger partial charge in [0.2, 0.25) is 0 Å². The van der Waals surface area contributed by atoms with Gasteiger partial charge in [0, 0.05) is 55.8 Å². The molecule has 257 valence electrons. The third-order valence-electron chi connectivity index (χ3n) is 9.24. The van der Waals surface area contributed by atoms with Crippen LogP contribution in [0.3, 0.4) is 0 Å². The van der Waals surface area contributed by atoms with Crippen molar-refractivity contribution in [1.29, 1.82) is 0 Å². The zero-order chi connectivity index (χ0) is 35.3. The van der Waals surface area contributed by atoms with Crippen LogP contribution in [0.1, 0.15) is 11.1 Å². The van der Waals surface area contributed by atoms with E-state index in [1.54, 1.807) is 6.20 Å². The van der Waals surface area contributed by atoms with E-state index >= 15 is 0 Å². The first-order valence-corrected chi connectivity index (χ1v) is 17.3.